The smallest absolute Gasteiger partial charge is 0.338 e. The predicted octanol–water partition coefficient (Wildman–Crippen LogP) is 4.76. The summed E-state index contributed by atoms with van der Waals surface area (Å²) in [5.74, 6) is -0.702. The summed E-state index contributed by atoms with van der Waals surface area (Å²) in [6, 6.07) is 10.1. The van der Waals surface area contributed by atoms with Gasteiger partial charge in [0.25, 0.3) is 5.91 Å². The van der Waals surface area contributed by atoms with Gasteiger partial charge in [-0.2, -0.15) is 0 Å². The third-order valence-corrected chi connectivity index (χ3v) is 4.53. The number of benzene rings is 1. The Hall–Kier alpha value is -2.86. The molecule has 7 heteroatoms. The predicted molar refractivity (Wildman–Crippen MR) is 109 cm³/mol. The van der Waals surface area contributed by atoms with Crippen molar-refractivity contribution in [3.63, 3.8) is 0 Å². The Labute approximate surface area is 168 Å². The van der Waals surface area contributed by atoms with E-state index in [9.17, 15) is 9.59 Å². The van der Waals surface area contributed by atoms with Crippen molar-refractivity contribution in [3.05, 3.63) is 64.6 Å². The summed E-state index contributed by atoms with van der Waals surface area (Å²) in [5, 5.41) is 3.40. The highest BCUT2D eigenvalue weighted by Gasteiger charge is 2.19. The van der Waals surface area contributed by atoms with Gasteiger partial charge in [-0.25, -0.2) is 9.78 Å². The van der Waals surface area contributed by atoms with Gasteiger partial charge in [0.05, 0.1) is 17.9 Å². The monoisotopic (exact) mass is 399 g/mol. The number of amides is 1. The van der Waals surface area contributed by atoms with Crippen LogP contribution in [0.1, 0.15) is 53.2 Å². The van der Waals surface area contributed by atoms with Gasteiger partial charge in [0, 0.05) is 23.0 Å². The molecule has 0 spiro atoms. The first-order chi connectivity index (χ1) is 13.5. The Kier molecular flexibility index (Phi) is 6.31. The maximum Gasteiger partial charge on any atom is 0.338 e. The molecule has 0 radical (unpaired) electrons. The summed E-state index contributed by atoms with van der Waals surface area (Å²) in [5.41, 5.74) is 2.65. The molecule has 0 atom stereocenters. The Morgan fingerprint density at radius 1 is 1.21 bits per heavy atom. The third kappa shape index (κ3) is 4.34. The van der Waals surface area contributed by atoms with E-state index in [0.717, 1.165) is 12.8 Å². The average molecular weight is 400 g/mol. The van der Waals surface area contributed by atoms with E-state index in [1.54, 1.807) is 47.0 Å². The molecule has 2 heterocycles. The summed E-state index contributed by atoms with van der Waals surface area (Å²) >= 11 is 6.03. The Balaban J connectivity index is 1.83. The van der Waals surface area contributed by atoms with E-state index < -0.39 is 5.97 Å². The quantitative estimate of drug-likeness (QED) is 0.459. The van der Waals surface area contributed by atoms with Crippen LogP contribution in [-0.2, 0) is 11.2 Å². The number of aryl methyl sites for hydroxylation is 1. The minimum Gasteiger partial charge on any atom is -0.462 e. The van der Waals surface area contributed by atoms with Crippen LogP contribution >= 0.6 is 11.6 Å². The number of hydrogen-bond donors (Lipinski definition) is 1. The molecule has 0 aliphatic rings. The fourth-order valence-electron chi connectivity index (χ4n) is 2.86. The molecule has 0 aliphatic carbocycles. The van der Waals surface area contributed by atoms with Crippen LogP contribution in [0.3, 0.4) is 0 Å². The molecule has 6 nitrogen and oxygen atoms in total. The van der Waals surface area contributed by atoms with Crippen LogP contribution in [0.4, 0.5) is 5.69 Å². The number of imidazole rings is 1. The molecular formula is C21H22ClN3O3. The number of nitrogens with one attached hydrogen (secondary N) is 1. The molecular weight excluding hydrogens is 378 g/mol. The molecule has 3 aromatic rings. The normalized spacial score (nSPS) is 10.8. The fraction of sp³-hybridized carbons (Fsp3) is 0.286. The second-order valence-electron chi connectivity index (χ2n) is 6.36. The van der Waals surface area contributed by atoms with Crippen molar-refractivity contribution in [2.45, 2.75) is 33.1 Å². The highest BCUT2D eigenvalue weighted by atomic mass is 35.5. The second kappa shape index (κ2) is 8.89. The number of fused-ring (bicyclic) bond motifs is 1. The molecule has 1 aromatic carbocycles. The van der Waals surface area contributed by atoms with Gasteiger partial charge in [0.2, 0.25) is 0 Å². The average Bonchev–Trinajstić information content (AvgIpc) is 3.06. The van der Waals surface area contributed by atoms with Crippen molar-refractivity contribution in [2.24, 2.45) is 0 Å². The molecule has 1 N–H and O–H groups in total. The van der Waals surface area contributed by atoms with Crippen molar-refractivity contribution >= 4 is 34.8 Å². The van der Waals surface area contributed by atoms with Crippen molar-refractivity contribution in [2.75, 3.05) is 11.9 Å². The van der Waals surface area contributed by atoms with Crippen LogP contribution in [0, 0.1) is 0 Å². The number of carbonyl (C=O) groups excluding carboxylic acids is 2. The zero-order valence-electron chi connectivity index (χ0n) is 15.9. The van der Waals surface area contributed by atoms with Crippen LogP contribution in [0.2, 0.25) is 5.02 Å². The summed E-state index contributed by atoms with van der Waals surface area (Å²) in [6.45, 7) is 4.35. The Morgan fingerprint density at radius 3 is 2.79 bits per heavy atom. The van der Waals surface area contributed by atoms with Gasteiger partial charge < -0.3 is 10.1 Å². The molecule has 0 saturated carbocycles. The number of esters is 1. The standard InChI is InChI=1S/C21H22ClN3O3/c1-3-5-11-28-21(27)14-7-6-8-16(12-14)23-20(26)19-17(4-2)24-18-13-15(22)9-10-25(18)19/h6-10,12-13H,3-5,11H2,1-2H3,(H,23,26). The number of nitrogens with zero attached hydrogens (tertiary/aromatic N) is 2. The Morgan fingerprint density at radius 2 is 2.04 bits per heavy atom. The first-order valence-corrected chi connectivity index (χ1v) is 9.66. The summed E-state index contributed by atoms with van der Waals surface area (Å²) in [6.07, 6.45) is 4.10. The number of carbonyl (C=O) groups is 2. The number of aromatic nitrogens is 2. The largest absolute Gasteiger partial charge is 0.462 e. The molecule has 0 saturated heterocycles. The lowest BCUT2D eigenvalue weighted by Gasteiger charge is -2.09. The van der Waals surface area contributed by atoms with E-state index in [-0.39, 0.29) is 5.91 Å². The molecule has 2 aromatic heterocycles. The first-order valence-electron chi connectivity index (χ1n) is 9.28. The summed E-state index contributed by atoms with van der Waals surface area (Å²) in [7, 11) is 0. The maximum absolute atomic E-state index is 12.9. The van der Waals surface area contributed by atoms with Gasteiger partial charge in [0.15, 0.2) is 0 Å². The number of anilines is 1. The minimum atomic E-state index is -0.400. The maximum atomic E-state index is 12.9. The minimum absolute atomic E-state index is 0.303. The molecule has 0 fully saturated rings. The highest BCUT2D eigenvalue weighted by molar-refractivity contribution is 6.30. The zero-order chi connectivity index (χ0) is 20.1. The molecule has 0 bridgehead atoms. The van der Waals surface area contributed by atoms with Gasteiger partial charge >= 0.3 is 5.97 Å². The summed E-state index contributed by atoms with van der Waals surface area (Å²) < 4.78 is 6.94. The number of ether oxygens (including phenoxy) is 1. The van der Waals surface area contributed by atoms with Crippen LogP contribution in [0.15, 0.2) is 42.6 Å². The van der Waals surface area contributed by atoms with Gasteiger partial charge in [-0.05, 0) is 37.1 Å². The molecule has 146 valence electrons. The van der Waals surface area contributed by atoms with Crippen LogP contribution in [-0.4, -0.2) is 27.9 Å². The van der Waals surface area contributed by atoms with Crippen molar-refractivity contribution < 1.29 is 14.3 Å². The van der Waals surface area contributed by atoms with Crippen LogP contribution < -0.4 is 5.32 Å². The van der Waals surface area contributed by atoms with Crippen molar-refractivity contribution in [1.82, 2.24) is 9.38 Å². The lowest BCUT2D eigenvalue weighted by Crippen LogP contribution is -2.16. The van der Waals surface area contributed by atoms with E-state index in [0.29, 0.717) is 46.3 Å². The van der Waals surface area contributed by atoms with Crippen LogP contribution in [0.25, 0.3) is 5.65 Å². The number of halogens is 1. The number of pyridine rings is 1. The molecule has 0 unspecified atom stereocenters. The third-order valence-electron chi connectivity index (χ3n) is 4.30. The van der Waals surface area contributed by atoms with Gasteiger partial charge in [0.1, 0.15) is 11.3 Å². The fourth-order valence-corrected chi connectivity index (χ4v) is 3.02. The SMILES string of the molecule is CCCCOC(=O)c1cccc(NC(=O)c2c(CC)nc3cc(Cl)ccn23)c1. The van der Waals surface area contributed by atoms with E-state index in [1.807, 2.05) is 13.8 Å². The molecule has 1 amide bonds. The van der Waals surface area contributed by atoms with Crippen molar-refractivity contribution in [3.8, 4) is 0 Å². The van der Waals surface area contributed by atoms with Gasteiger partial charge in [-0.1, -0.05) is 37.9 Å². The second-order valence-corrected chi connectivity index (χ2v) is 6.79. The topological polar surface area (TPSA) is 72.7 Å². The number of hydrogen-bond acceptors (Lipinski definition) is 4. The zero-order valence-corrected chi connectivity index (χ0v) is 16.6. The highest BCUT2D eigenvalue weighted by Crippen LogP contribution is 2.20. The van der Waals surface area contributed by atoms with Gasteiger partial charge in [-0.15, -0.1) is 0 Å². The van der Waals surface area contributed by atoms with Gasteiger partial charge in [-0.3, -0.25) is 9.20 Å². The molecule has 0 aliphatic heterocycles. The van der Waals surface area contributed by atoms with E-state index >= 15 is 0 Å². The van der Waals surface area contributed by atoms with E-state index in [1.165, 1.54) is 0 Å². The van der Waals surface area contributed by atoms with E-state index in [2.05, 4.69) is 10.3 Å². The van der Waals surface area contributed by atoms with Crippen LogP contribution in [0.5, 0.6) is 0 Å². The molecule has 3 rings (SSSR count). The number of unbranched alkanes of at least 4 members (excludes halogenated alkanes) is 1. The summed E-state index contributed by atoms with van der Waals surface area (Å²) in [4.78, 5) is 29.5. The number of rotatable bonds is 7. The lowest BCUT2D eigenvalue weighted by molar-refractivity contribution is 0.0499. The lowest BCUT2D eigenvalue weighted by atomic mass is 10.2. The van der Waals surface area contributed by atoms with Crippen molar-refractivity contribution in [1.29, 1.82) is 0 Å². The molecule has 28 heavy (non-hydrogen) atoms. The Bertz CT molecular complexity index is 1010. The first kappa shape index (κ1) is 19.9. The van der Waals surface area contributed by atoms with E-state index in [4.69, 9.17) is 16.3 Å².